The van der Waals surface area contributed by atoms with E-state index in [1.807, 2.05) is 13.0 Å². The molecule has 1 aliphatic carbocycles. The molecule has 0 spiro atoms. The molecule has 0 atom stereocenters. The first-order valence-corrected chi connectivity index (χ1v) is 7.73. The summed E-state index contributed by atoms with van der Waals surface area (Å²) in [4.78, 5) is 16.8. The van der Waals surface area contributed by atoms with E-state index >= 15 is 0 Å². The Labute approximate surface area is 127 Å². The number of nitrogens with one attached hydrogen (secondary N) is 2. The number of carbonyl (C=O) groups excluding carboxylic acids is 1. The maximum Gasteiger partial charge on any atom is 0.255 e. The summed E-state index contributed by atoms with van der Waals surface area (Å²) in [5.41, 5.74) is 2.69. The van der Waals surface area contributed by atoms with Gasteiger partial charge in [-0.1, -0.05) is 34.6 Å². The lowest BCUT2D eigenvalue weighted by atomic mass is 10.0. The molecule has 116 valence electrons. The van der Waals surface area contributed by atoms with Crippen LogP contribution in [0.4, 0.5) is 5.69 Å². The number of aromatic nitrogens is 1. The molecule has 0 saturated heterocycles. The Morgan fingerprint density at radius 3 is 2.43 bits per heavy atom. The molecule has 4 nitrogen and oxygen atoms in total. The molecule has 0 aliphatic heterocycles. The second kappa shape index (κ2) is 5.32. The van der Waals surface area contributed by atoms with E-state index in [0.717, 1.165) is 24.3 Å². The summed E-state index contributed by atoms with van der Waals surface area (Å²) in [7, 11) is 0. The predicted molar refractivity (Wildman–Crippen MR) is 86.6 cm³/mol. The monoisotopic (exact) mass is 289 g/mol. The molecule has 1 aliphatic rings. The minimum atomic E-state index is -0.0373. The van der Waals surface area contributed by atoms with Crippen LogP contribution in [0.5, 0.6) is 0 Å². The number of hydrogen-bond donors (Lipinski definition) is 2. The Balaban J connectivity index is 2.16. The summed E-state index contributed by atoms with van der Waals surface area (Å²) in [6.07, 6.45) is 2.69. The number of hydrogen-bond acceptors (Lipinski definition) is 3. The van der Waals surface area contributed by atoms with Crippen molar-refractivity contribution in [1.29, 1.82) is 0 Å². The molecular formula is C17H27N3O. The minimum Gasteiger partial charge on any atom is -0.384 e. The number of aryl methyl sites for hydroxylation is 1. The highest BCUT2D eigenvalue weighted by Gasteiger charge is 2.65. The third kappa shape index (κ3) is 2.76. The van der Waals surface area contributed by atoms with Crippen molar-refractivity contribution >= 4 is 11.6 Å². The lowest BCUT2D eigenvalue weighted by molar-refractivity contribution is 0.0944. The zero-order valence-corrected chi connectivity index (χ0v) is 14.0. The van der Waals surface area contributed by atoms with E-state index in [9.17, 15) is 4.79 Å². The average Bonchev–Trinajstić information content (AvgIpc) is 2.78. The van der Waals surface area contributed by atoms with Crippen LogP contribution < -0.4 is 10.6 Å². The topological polar surface area (TPSA) is 54.0 Å². The molecule has 1 aromatic rings. The van der Waals surface area contributed by atoms with E-state index in [0.29, 0.717) is 5.56 Å². The molecular weight excluding hydrogens is 262 g/mol. The van der Waals surface area contributed by atoms with Gasteiger partial charge in [0.05, 0.1) is 11.3 Å². The van der Waals surface area contributed by atoms with Crippen LogP contribution in [0.2, 0.25) is 0 Å². The van der Waals surface area contributed by atoms with Crippen molar-refractivity contribution in [3.8, 4) is 0 Å². The molecule has 0 aromatic carbocycles. The van der Waals surface area contributed by atoms with Gasteiger partial charge in [-0.3, -0.25) is 9.78 Å². The van der Waals surface area contributed by atoms with E-state index in [-0.39, 0.29) is 22.8 Å². The molecule has 1 heterocycles. The van der Waals surface area contributed by atoms with Gasteiger partial charge in [0, 0.05) is 24.5 Å². The van der Waals surface area contributed by atoms with Crippen molar-refractivity contribution in [2.24, 2.45) is 10.8 Å². The molecule has 2 rings (SSSR count). The molecule has 0 unspecified atom stereocenters. The molecule has 1 saturated carbocycles. The average molecular weight is 289 g/mol. The van der Waals surface area contributed by atoms with Crippen LogP contribution in [-0.2, 0) is 0 Å². The number of amides is 1. The van der Waals surface area contributed by atoms with Crippen molar-refractivity contribution in [2.45, 2.75) is 54.0 Å². The molecule has 2 N–H and O–H groups in total. The highest BCUT2D eigenvalue weighted by Crippen LogP contribution is 2.62. The number of anilines is 1. The molecule has 1 amide bonds. The maximum absolute atomic E-state index is 12.6. The molecule has 1 aromatic heterocycles. The van der Waals surface area contributed by atoms with Crippen LogP contribution >= 0.6 is 0 Å². The van der Waals surface area contributed by atoms with E-state index < -0.39 is 0 Å². The highest BCUT2D eigenvalue weighted by atomic mass is 16.1. The first-order chi connectivity index (χ1) is 9.71. The number of pyridine rings is 1. The summed E-state index contributed by atoms with van der Waals surface area (Å²) in [5.74, 6) is -0.0373. The van der Waals surface area contributed by atoms with Gasteiger partial charge >= 0.3 is 0 Å². The first-order valence-electron chi connectivity index (χ1n) is 7.73. The fourth-order valence-electron chi connectivity index (χ4n) is 2.91. The van der Waals surface area contributed by atoms with Gasteiger partial charge in [0.1, 0.15) is 0 Å². The lowest BCUT2D eigenvalue weighted by Crippen LogP contribution is -2.30. The van der Waals surface area contributed by atoms with Crippen molar-refractivity contribution < 1.29 is 4.79 Å². The van der Waals surface area contributed by atoms with Crippen LogP contribution in [-0.4, -0.2) is 23.5 Å². The summed E-state index contributed by atoms with van der Waals surface area (Å²) in [5, 5.41) is 6.49. The minimum absolute atomic E-state index is 0.0373. The lowest BCUT2D eigenvalue weighted by Gasteiger charge is -2.13. The maximum atomic E-state index is 12.6. The van der Waals surface area contributed by atoms with E-state index in [1.165, 1.54) is 0 Å². The fraction of sp³-hybridized carbons (Fsp3) is 0.647. The van der Waals surface area contributed by atoms with Crippen molar-refractivity contribution in [2.75, 3.05) is 11.9 Å². The van der Waals surface area contributed by atoms with E-state index in [4.69, 9.17) is 0 Å². The van der Waals surface area contributed by atoms with Crippen molar-refractivity contribution in [3.63, 3.8) is 0 Å². The molecule has 0 radical (unpaired) electrons. The molecule has 4 heteroatoms. The van der Waals surface area contributed by atoms with Gasteiger partial charge < -0.3 is 10.6 Å². The van der Waals surface area contributed by atoms with Gasteiger partial charge in [0.25, 0.3) is 5.91 Å². The SMILES string of the molecule is CCCNc1cc(C)ncc1C(=O)NC1C(C)(C)C1(C)C. The Morgan fingerprint density at radius 2 is 1.90 bits per heavy atom. The molecule has 21 heavy (non-hydrogen) atoms. The predicted octanol–water partition coefficient (Wildman–Crippen LogP) is 3.38. The zero-order chi connectivity index (χ0) is 15.8. The summed E-state index contributed by atoms with van der Waals surface area (Å²) in [6, 6.07) is 2.14. The Morgan fingerprint density at radius 1 is 1.29 bits per heavy atom. The number of carbonyl (C=O) groups is 1. The van der Waals surface area contributed by atoms with E-state index in [2.05, 4.69) is 50.2 Å². The first kappa shape index (κ1) is 15.8. The smallest absolute Gasteiger partial charge is 0.255 e. The van der Waals surface area contributed by atoms with E-state index in [1.54, 1.807) is 6.20 Å². The van der Waals surface area contributed by atoms with Gasteiger partial charge in [-0.05, 0) is 30.2 Å². The highest BCUT2D eigenvalue weighted by molar-refractivity contribution is 5.99. The fourth-order valence-corrected chi connectivity index (χ4v) is 2.91. The Hall–Kier alpha value is -1.58. The molecule has 0 bridgehead atoms. The van der Waals surface area contributed by atoms with Crippen LogP contribution in [0.1, 0.15) is 57.1 Å². The standard InChI is InChI=1S/C17H27N3O/c1-7-8-18-13-9-11(2)19-10-12(13)14(21)20-15-16(3,4)17(15,5)6/h9-10,15H,7-8H2,1-6H3,(H,18,19)(H,20,21). The second-order valence-corrected chi connectivity index (χ2v) is 7.15. The number of nitrogens with zero attached hydrogens (tertiary/aromatic N) is 1. The van der Waals surface area contributed by atoms with Crippen molar-refractivity contribution in [1.82, 2.24) is 10.3 Å². The van der Waals surface area contributed by atoms with Crippen LogP contribution in [0.15, 0.2) is 12.3 Å². The van der Waals surface area contributed by atoms with Crippen molar-refractivity contribution in [3.05, 3.63) is 23.5 Å². The summed E-state index contributed by atoms with van der Waals surface area (Å²) >= 11 is 0. The van der Waals surface area contributed by atoms with Gasteiger partial charge in [-0.2, -0.15) is 0 Å². The molecule has 1 fully saturated rings. The Kier molecular flexibility index (Phi) is 4.00. The number of rotatable bonds is 5. The van der Waals surface area contributed by atoms with Gasteiger partial charge in [-0.15, -0.1) is 0 Å². The van der Waals surface area contributed by atoms with Gasteiger partial charge in [0.15, 0.2) is 0 Å². The van der Waals surface area contributed by atoms with Crippen LogP contribution in [0, 0.1) is 17.8 Å². The van der Waals surface area contributed by atoms with Crippen LogP contribution in [0.3, 0.4) is 0 Å². The largest absolute Gasteiger partial charge is 0.384 e. The zero-order valence-electron chi connectivity index (χ0n) is 14.0. The summed E-state index contributed by atoms with van der Waals surface area (Å²) in [6.45, 7) is 13.7. The normalized spacial score (nSPS) is 19.1. The van der Waals surface area contributed by atoms with Gasteiger partial charge in [0.2, 0.25) is 0 Å². The third-order valence-electron chi connectivity index (χ3n) is 5.15. The summed E-state index contributed by atoms with van der Waals surface area (Å²) < 4.78 is 0. The van der Waals surface area contributed by atoms with Gasteiger partial charge in [-0.25, -0.2) is 0 Å². The third-order valence-corrected chi connectivity index (χ3v) is 5.15. The second-order valence-electron chi connectivity index (χ2n) is 7.15. The quantitative estimate of drug-likeness (QED) is 0.873. The Bertz CT molecular complexity index is 535. The van der Waals surface area contributed by atoms with Crippen LogP contribution in [0.25, 0.3) is 0 Å².